The summed E-state index contributed by atoms with van der Waals surface area (Å²) in [6.45, 7) is 2.10. The summed E-state index contributed by atoms with van der Waals surface area (Å²) >= 11 is 5.88. The van der Waals surface area contributed by atoms with Crippen molar-refractivity contribution in [1.29, 1.82) is 0 Å². The normalized spacial score (nSPS) is 11.1. The van der Waals surface area contributed by atoms with E-state index < -0.39 is 5.91 Å². The molecule has 142 valence electrons. The lowest BCUT2D eigenvalue weighted by atomic mass is 10.2. The number of rotatable bonds is 6. The molecule has 0 unspecified atom stereocenters. The molecule has 0 aliphatic heterocycles. The molecule has 6 heteroatoms. The van der Waals surface area contributed by atoms with Crippen LogP contribution in [0.2, 0.25) is 5.02 Å². The second kappa shape index (κ2) is 9.06. The van der Waals surface area contributed by atoms with Gasteiger partial charge in [0, 0.05) is 23.2 Å². The molecule has 3 aromatic rings. The molecule has 1 heterocycles. The predicted molar refractivity (Wildman–Crippen MR) is 109 cm³/mol. The van der Waals surface area contributed by atoms with E-state index in [9.17, 15) is 9.59 Å². The third-order valence-electron chi connectivity index (χ3n) is 3.94. The van der Waals surface area contributed by atoms with Gasteiger partial charge in [0.25, 0.3) is 11.8 Å². The molecule has 0 aliphatic rings. The molecule has 2 amide bonds. The largest absolute Gasteiger partial charge is 0.462 e. The van der Waals surface area contributed by atoms with Gasteiger partial charge in [0.05, 0.1) is 0 Å². The van der Waals surface area contributed by atoms with Gasteiger partial charge in [-0.05, 0) is 48.9 Å². The van der Waals surface area contributed by atoms with Crippen LogP contribution in [0.25, 0.3) is 6.08 Å². The molecule has 28 heavy (non-hydrogen) atoms. The Kier molecular flexibility index (Phi) is 6.29. The van der Waals surface area contributed by atoms with Crippen molar-refractivity contribution in [1.82, 2.24) is 10.6 Å². The zero-order valence-electron chi connectivity index (χ0n) is 15.2. The Hall–Kier alpha value is -3.31. The lowest BCUT2D eigenvalue weighted by Gasteiger charge is -2.11. The Balaban J connectivity index is 1.77. The Morgan fingerprint density at radius 2 is 1.71 bits per heavy atom. The maximum absolute atomic E-state index is 12.7. The number of hydrogen-bond donors (Lipinski definition) is 2. The summed E-state index contributed by atoms with van der Waals surface area (Å²) in [5.41, 5.74) is 1.44. The second-order valence-electron chi connectivity index (χ2n) is 6.14. The molecule has 3 rings (SSSR count). The molecule has 0 spiro atoms. The minimum atomic E-state index is -0.423. The second-order valence-corrected chi connectivity index (χ2v) is 6.57. The molecule has 0 atom stereocenters. The summed E-state index contributed by atoms with van der Waals surface area (Å²) in [5.74, 6) is 0.383. The van der Waals surface area contributed by atoms with E-state index in [0.717, 1.165) is 5.56 Å². The standard InChI is InChI=1S/C22H19ClN2O3/c1-15-7-12-19(28-15)13-20(25-21(26)17-5-3-2-4-6-17)22(27)24-14-16-8-10-18(23)11-9-16/h2-13H,14H2,1H3,(H,24,27)(H,25,26). The van der Waals surface area contributed by atoms with Crippen molar-refractivity contribution in [3.63, 3.8) is 0 Å². The molecule has 1 aromatic heterocycles. The first kappa shape index (κ1) is 19.5. The molecule has 0 aliphatic carbocycles. The van der Waals surface area contributed by atoms with Crippen LogP contribution in [0.3, 0.4) is 0 Å². The SMILES string of the molecule is Cc1ccc(C=C(NC(=O)c2ccccc2)C(=O)NCc2ccc(Cl)cc2)o1. The van der Waals surface area contributed by atoms with Crippen LogP contribution in [0.1, 0.15) is 27.4 Å². The lowest BCUT2D eigenvalue weighted by molar-refractivity contribution is -0.117. The van der Waals surface area contributed by atoms with Crippen LogP contribution in [-0.2, 0) is 11.3 Å². The minimum Gasteiger partial charge on any atom is -0.462 e. The molecular formula is C22H19ClN2O3. The van der Waals surface area contributed by atoms with Crippen molar-refractivity contribution in [3.05, 3.63) is 100 Å². The third kappa shape index (κ3) is 5.34. The molecule has 0 saturated carbocycles. The average Bonchev–Trinajstić information content (AvgIpc) is 3.12. The molecule has 5 nitrogen and oxygen atoms in total. The van der Waals surface area contributed by atoms with Gasteiger partial charge in [-0.25, -0.2) is 0 Å². The molecular weight excluding hydrogens is 376 g/mol. The Bertz CT molecular complexity index is 992. The van der Waals surface area contributed by atoms with Gasteiger partial charge in [-0.1, -0.05) is 41.9 Å². The van der Waals surface area contributed by atoms with Gasteiger partial charge in [0.2, 0.25) is 0 Å². The van der Waals surface area contributed by atoms with Crippen molar-refractivity contribution in [3.8, 4) is 0 Å². The minimum absolute atomic E-state index is 0.0946. The van der Waals surface area contributed by atoms with E-state index in [2.05, 4.69) is 10.6 Å². The molecule has 2 N–H and O–H groups in total. The van der Waals surface area contributed by atoms with Crippen molar-refractivity contribution in [2.45, 2.75) is 13.5 Å². The van der Waals surface area contributed by atoms with Gasteiger partial charge in [0.1, 0.15) is 17.2 Å². The summed E-state index contributed by atoms with van der Waals surface area (Å²) in [7, 11) is 0. The van der Waals surface area contributed by atoms with E-state index in [4.69, 9.17) is 16.0 Å². The number of hydrogen-bond acceptors (Lipinski definition) is 3. The van der Waals surface area contributed by atoms with Crippen LogP contribution in [0.5, 0.6) is 0 Å². The summed E-state index contributed by atoms with van der Waals surface area (Å²) in [6, 6.07) is 19.4. The van der Waals surface area contributed by atoms with Crippen molar-refractivity contribution in [2.24, 2.45) is 0 Å². The Morgan fingerprint density at radius 3 is 2.36 bits per heavy atom. The van der Waals surface area contributed by atoms with Gasteiger partial charge in [-0.2, -0.15) is 0 Å². The number of amides is 2. The predicted octanol–water partition coefficient (Wildman–Crippen LogP) is 4.33. The highest BCUT2D eigenvalue weighted by Gasteiger charge is 2.15. The molecule has 2 aromatic carbocycles. The molecule has 0 radical (unpaired) electrons. The van der Waals surface area contributed by atoms with Gasteiger partial charge in [0.15, 0.2) is 0 Å². The fraction of sp³-hybridized carbons (Fsp3) is 0.0909. The van der Waals surface area contributed by atoms with E-state index in [1.54, 1.807) is 55.5 Å². The number of carbonyl (C=O) groups is 2. The summed E-state index contributed by atoms with van der Waals surface area (Å²) in [5, 5.41) is 6.08. The van der Waals surface area contributed by atoms with Crippen LogP contribution in [0.4, 0.5) is 0 Å². The molecule has 0 saturated heterocycles. The number of benzene rings is 2. The first-order valence-electron chi connectivity index (χ1n) is 8.68. The van der Waals surface area contributed by atoms with Gasteiger partial charge >= 0.3 is 0 Å². The average molecular weight is 395 g/mol. The summed E-state index contributed by atoms with van der Waals surface area (Å²) in [4.78, 5) is 25.2. The fourth-order valence-electron chi connectivity index (χ4n) is 2.50. The van der Waals surface area contributed by atoms with E-state index in [1.165, 1.54) is 6.08 Å². The van der Waals surface area contributed by atoms with Crippen molar-refractivity contribution < 1.29 is 14.0 Å². The van der Waals surface area contributed by atoms with E-state index in [1.807, 2.05) is 18.2 Å². The van der Waals surface area contributed by atoms with Gasteiger partial charge in [-0.15, -0.1) is 0 Å². The third-order valence-corrected chi connectivity index (χ3v) is 4.19. The number of halogens is 1. The zero-order chi connectivity index (χ0) is 19.9. The van der Waals surface area contributed by atoms with Crippen LogP contribution in [-0.4, -0.2) is 11.8 Å². The van der Waals surface area contributed by atoms with E-state index in [-0.39, 0.29) is 11.6 Å². The van der Waals surface area contributed by atoms with Crippen molar-refractivity contribution in [2.75, 3.05) is 0 Å². The highest BCUT2D eigenvalue weighted by molar-refractivity contribution is 6.30. The van der Waals surface area contributed by atoms with E-state index >= 15 is 0 Å². The van der Waals surface area contributed by atoms with Gasteiger partial charge in [-0.3, -0.25) is 9.59 Å². The molecule has 0 fully saturated rings. The van der Waals surface area contributed by atoms with Crippen molar-refractivity contribution >= 4 is 29.5 Å². The highest BCUT2D eigenvalue weighted by atomic mass is 35.5. The van der Waals surface area contributed by atoms with Crippen LogP contribution >= 0.6 is 11.6 Å². The van der Waals surface area contributed by atoms with Gasteiger partial charge < -0.3 is 15.1 Å². The number of carbonyl (C=O) groups excluding carboxylic acids is 2. The quantitative estimate of drug-likeness (QED) is 0.611. The first-order valence-corrected chi connectivity index (χ1v) is 9.06. The fourth-order valence-corrected chi connectivity index (χ4v) is 2.62. The summed E-state index contributed by atoms with van der Waals surface area (Å²) < 4.78 is 5.51. The topological polar surface area (TPSA) is 71.3 Å². The van der Waals surface area contributed by atoms with Crippen LogP contribution in [0.15, 0.2) is 76.8 Å². The Labute approximate surface area is 168 Å². The number of furan rings is 1. The smallest absolute Gasteiger partial charge is 0.268 e. The first-order chi connectivity index (χ1) is 13.5. The maximum Gasteiger partial charge on any atom is 0.268 e. The van der Waals surface area contributed by atoms with E-state index in [0.29, 0.717) is 28.7 Å². The summed E-state index contributed by atoms with van der Waals surface area (Å²) in [6.07, 6.45) is 1.50. The lowest BCUT2D eigenvalue weighted by Crippen LogP contribution is -2.34. The molecule has 0 bridgehead atoms. The number of aryl methyl sites for hydroxylation is 1. The maximum atomic E-state index is 12.7. The highest BCUT2D eigenvalue weighted by Crippen LogP contribution is 2.12. The zero-order valence-corrected chi connectivity index (χ0v) is 16.0. The Morgan fingerprint density at radius 1 is 1.00 bits per heavy atom. The van der Waals surface area contributed by atoms with Crippen LogP contribution < -0.4 is 10.6 Å². The monoisotopic (exact) mass is 394 g/mol. The van der Waals surface area contributed by atoms with Crippen LogP contribution in [0, 0.1) is 6.92 Å². The number of nitrogens with one attached hydrogen (secondary N) is 2.